The van der Waals surface area contributed by atoms with Gasteiger partial charge in [0, 0.05) is 31.2 Å². The van der Waals surface area contributed by atoms with Crippen molar-refractivity contribution in [1.82, 2.24) is 14.8 Å². The largest absolute Gasteiger partial charge is 0.497 e. The number of thiazole rings is 1. The van der Waals surface area contributed by atoms with E-state index in [2.05, 4.69) is 56.5 Å². The molecule has 5 rings (SSSR count). The highest BCUT2D eigenvalue weighted by Gasteiger charge is 2.27. The number of nitrogens with one attached hydrogen (secondary N) is 1. The summed E-state index contributed by atoms with van der Waals surface area (Å²) in [5.74, 6) is 0.742. The molecule has 1 amide bonds. The van der Waals surface area contributed by atoms with Gasteiger partial charge in [0.25, 0.3) is 0 Å². The summed E-state index contributed by atoms with van der Waals surface area (Å²) in [5, 5.41) is 4.32. The Morgan fingerprint density at radius 3 is 2.46 bits per heavy atom. The van der Waals surface area contributed by atoms with Gasteiger partial charge >= 0.3 is 0 Å². The zero-order valence-corrected chi connectivity index (χ0v) is 21.1. The van der Waals surface area contributed by atoms with Crippen LogP contribution in [0.5, 0.6) is 5.75 Å². The van der Waals surface area contributed by atoms with Crippen molar-refractivity contribution in [2.24, 2.45) is 0 Å². The van der Waals surface area contributed by atoms with Crippen LogP contribution in [-0.2, 0) is 4.79 Å². The van der Waals surface area contributed by atoms with Crippen LogP contribution in [-0.4, -0.2) is 60.5 Å². The number of ether oxygens (including phenoxy) is 1. The summed E-state index contributed by atoms with van der Waals surface area (Å²) in [7, 11) is 1.64. The van der Waals surface area contributed by atoms with Gasteiger partial charge in [-0.15, -0.1) is 0 Å². The van der Waals surface area contributed by atoms with Crippen LogP contribution in [0.2, 0.25) is 5.02 Å². The van der Waals surface area contributed by atoms with E-state index in [9.17, 15) is 4.79 Å². The maximum atomic E-state index is 12.7. The number of amides is 1. The summed E-state index contributed by atoms with van der Waals surface area (Å²) in [6.07, 6.45) is 0. The van der Waals surface area contributed by atoms with Crippen molar-refractivity contribution in [3.05, 3.63) is 88.9 Å². The highest BCUT2D eigenvalue weighted by Crippen LogP contribution is 2.31. The number of benzene rings is 3. The second-order valence-corrected chi connectivity index (χ2v) is 10.0. The number of rotatable bonds is 7. The van der Waals surface area contributed by atoms with E-state index in [-0.39, 0.29) is 11.9 Å². The summed E-state index contributed by atoms with van der Waals surface area (Å²) in [5.41, 5.74) is 3.33. The Balaban J connectivity index is 1.21. The highest BCUT2D eigenvalue weighted by molar-refractivity contribution is 7.22. The van der Waals surface area contributed by atoms with Crippen molar-refractivity contribution in [2.75, 3.05) is 45.2 Å². The Morgan fingerprint density at radius 1 is 1.03 bits per heavy atom. The second kappa shape index (κ2) is 10.7. The minimum Gasteiger partial charge on any atom is -0.497 e. The molecule has 0 saturated carbocycles. The van der Waals surface area contributed by atoms with Crippen LogP contribution in [0.25, 0.3) is 10.2 Å². The number of carbonyl (C=O) groups is 1. The topological polar surface area (TPSA) is 57.7 Å². The van der Waals surface area contributed by atoms with Crippen LogP contribution in [0, 0.1) is 0 Å². The number of methoxy groups -OCH3 is 1. The first-order valence-corrected chi connectivity index (χ1v) is 12.8. The zero-order valence-electron chi connectivity index (χ0n) is 19.5. The summed E-state index contributed by atoms with van der Waals surface area (Å²) >= 11 is 7.60. The Labute approximate surface area is 214 Å². The fraction of sp³-hybridized carbons (Fsp3) is 0.259. The summed E-state index contributed by atoms with van der Waals surface area (Å²) in [6, 6.07) is 24.5. The fourth-order valence-electron chi connectivity index (χ4n) is 4.52. The number of anilines is 1. The third-order valence-electron chi connectivity index (χ3n) is 6.28. The maximum absolute atomic E-state index is 12.7. The standard InChI is InChI=1S/C27H27ClN4O2S/c1-34-22-11-12-23-24(17-22)35-27(29-23)30-25(33)18-31-13-15-32(16-14-31)26(19-5-3-2-4-6-19)20-7-9-21(28)10-8-20/h2-12,17,26H,13-16,18H2,1H3,(H,29,30,33). The predicted octanol–water partition coefficient (Wildman–Crippen LogP) is 5.30. The zero-order chi connectivity index (χ0) is 24.2. The molecule has 180 valence electrons. The number of hydrogen-bond acceptors (Lipinski definition) is 6. The van der Waals surface area contributed by atoms with Crippen molar-refractivity contribution in [3.63, 3.8) is 0 Å². The van der Waals surface area contributed by atoms with Crippen LogP contribution in [0.4, 0.5) is 5.13 Å². The molecule has 0 radical (unpaired) electrons. The van der Waals surface area contributed by atoms with Gasteiger partial charge in [0.05, 0.1) is 29.9 Å². The first-order chi connectivity index (χ1) is 17.1. The van der Waals surface area contributed by atoms with Gasteiger partial charge in [0.15, 0.2) is 5.13 Å². The lowest BCUT2D eigenvalue weighted by Gasteiger charge is -2.39. The monoisotopic (exact) mass is 506 g/mol. The minimum atomic E-state index is -0.0400. The molecule has 1 atom stereocenters. The quantitative estimate of drug-likeness (QED) is 0.368. The van der Waals surface area contributed by atoms with E-state index >= 15 is 0 Å². The molecule has 2 heterocycles. The molecule has 1 saturated heterocycles. The normalized spacial score (nSPS) is 15.7. The van der Waals surface area contributed by atoms with Crippen LogP contribution in [0.3, 0.4) is 0 Å². The molecule has 3 aromatic carbocycles. The molecule has 4 aromatic rings. The van der Waals surface area contributed by atoms with E-state index in [4.69, 9.17) is 16.3 Å². The van der Waals surface area contributed by atoms with Gasteiger partial charge in [-0.1, -0.05) is 65.4 Å². The van der Waals surface area contributed by atoms with Gasteiger partial charge in [0.2, 0.25) is 5.91 Å². The third kappa shape index (κ3) is 5.65. The first-order valence-electron chi connectivity index (χ1n) is 11.6. The number of hydrogen-bond donors (Lipinski definition) is 1. The second-order valence-electron chi connectivity index (χ2n) is 8.58. The van der Waals surface area contributed by atoms with Crippen molar-refractivity contribution in [3.8, 4) is 5.75 Å². The van der Waals surface area contributed by atoms with Gasteiger partial charge in [-0.05, 0) is 41.5 Å². The number of aromatic nitrogens is 1. The van der Waals surface area contributed by atoms with Crippen molar-refractivity contribution >= 4 is 44.2 Å². The smallest absolute Gasteiger partial charge is 0.240 e. The molecule has 8 heteroatoms. The highest BCUT2D eigenvalue weighted by atomic mass is 35.5. The molecule has 0 spiro atoms. The molecule has 0 bridgehead atoms. The van der Waals surface area contributed by atoms with Crippen molar-refractivity contribution < 1.29 is 9.53 Å². The molecular weight excluding hydrogens is 480 g/mol. The Bertz CT molecular complexity index is 1290. The number of halogens is 1. The fourth-order valence-corrected chi connectivity index (χ4v) is 5.56. The van der Waals surface area contributed by atoms with Gasteiger partial charge in [0.1, 0.15) is 5.75 Å². The SMILES string of the molecule is COc1ccc2nc(NC(=O)CN3CCN(C(c4ccccc4)c4ccc(Cl)cc4)CC3)sc2c1. The number of nitrogens with zero attached hydrogens (tertiary/aromatic N) is 3. The van der Waals surface area contributed by atoms with Crippen LogP contribution in [0.1, 0.15) is 17.2 Å². The molecule has 1 fully saturated rings. The van der Waals surface area contributed by atoms with Gasteiger partial charge < -0.3 is 10.1 Å². The number of carbonyl (C=O) groups excluding carboxylic acids is 1. The maximum Gasteiger partial charge on any atom is 0.240 e. The Kier molecular flexibility index (Phi) is 7.29. The molecule has 1 N–H and O–H groups in total. The van der Waals surface area contributed by atoms with E-state index < -0.39 is 0 Å². The molecule has 1 unspecified atom stereocenters. The Morgan fingerprint density at radius 2 is 1.74 bits per heavy atom. The molecule has 1 aromatic heterocycles. The lowest BCUT2D eigenvalue weighted by Crippen LogP contribution is -2.49. The van der Waals surface area contributed by atoms with E-state index in [0.717, 1.165) is 47.2 Å². The van der Waals surface area contributed by atoms with Gasteiger partial charge in [-0.2, -0.15) is 0 Å². The molecule has 1 aliphatic rings. The van der Waals surface area contributed by atoms with Gasteiger partial charge in [-0.3, -0.25) is 14.6 Å². The van der Waals surface area contributed by atoms with E-state index in [1.165, 1.54) is 22.5 Å². The molecule has 1 aliphatic heterocycles. The summed E-state index contributed by atoms with van der Waals surface area (Å²) in [6.45, 7) is 3.74. The van der Waals surface area contributed by atoms with Crippen LogP contribution >= 0.6 is 22.9 Å². The van der Waals surface area contributed by atoms with Crippen LogP contribution in [0.15, 0.2) is 72.8 Å². The summed E-state index contributed by atoms with van der Waals surface area (Å²) < 4.78 is 6.26. The average Bonchev–Trinajstić information content (AvgIpc) is 3.28. The molecular formula is C27H27ClN4O2S. The van der Waals surface area contributed by atoms with Gasteiger partial charge in [-0.25, -0.2) is 4.98 Å². The van der Waals surface area contributed by atoms with E-state index in [0.29, 0.717) is 11.7 Å². The summed E-state index contributed by atoms with van der Waals surface area (Å²) in [4.78, 5) is 21.9. The number of piperazine rings is 1. The lowest BCUT2D eigenvalue weighted by atomic mass is 9.96. The van der Waals surface area contributed by atoms with Crippen LogP contribution < -0.4 is 10.1 Å². The first kappa shape index (κ1) is 23.8. The molecule has 6 nitrogen and oxygen atoms in total. The molecule has 0 aliphatic carbocycles. The Hall–Kier alpha value is -2.97. The average molecular weight is 507 g/mol. The molecule has 35 heavy (non-hydrogen) atoms. The third-order valence-corrected chi connectivity index (χ3v) is 7.47. The van der Waals surface area contributed by atoms with Crippen molar-refractivity contribution in [2.45, 2.75) is 6.04 Å². The van der Waals surface area contributed by atoms with E-state index in [1.54, 1.807) is 7.11 Å². The number of fused-ring (bicyclic) bond motifs is 1. The van der Waals surface area contributed by atoms with Crippen molar-refractivity contribution in [1.29, 1.82) is 0 Å². The predicted molar refractivity (Wildman–Crippen MR) is 143 cm³/mol. The minimum absolute atomic E-state index is 0.0400. The van der Waals surface area contributed by atoms with E-state index in [1.807, 2.05) is 36.4 Å². The lowest BCUT2D eigenvalue weighted by molar-refractivity contribution is -0.117.